The molecule has 1 fully saturated rings. The van der Waals surface area contributed by atoms with Crippen molar-refractivity contribution in [3.63, 3.8) is 0 Å². The van der Waals surface area contributed by atoms with Gasteiger partial charge in [-0.3, -0.25) is 9.59 Å². The second kappa shape index (κ2) is 8.73. The minimum atomic E-state index is -1.02. The van der Waals surface area contributed by atoms with Crippen LogP contribution in [0.5, 0.6) is 0 Å². The minimum Gasteiger partial charge on any atom is -0.478 e. The van der Waals surface area contributed by atoms with Crippen LogP contribution < -0.4 is 5.32 Å². The van der Waals surface area contributed by atoms with Crippen LogP contribution in [0.3, 0.4) is 0 Å². The number of hydrogen-bond acceptors (Lipinski definition) is 4. The Morgan fingerprint density at radius 2 is 1.67 bits per heavy atom. The molecule has 0 unspecified atom stereocenters. The molecule has 1 heterocycles. The van der Waals surface area contributed by atoms with Crippen molar-refractivity contribution < 1.29 is 19.5 Å². The molecular weight excluding hydrogens is 364 g/mol. The predicted molar refractivity (Wildman–Crippen MR) is 104 cm³/mol. The number of carbonyl (C=O) groups excluding carboxylic acids is 2. The first-order valence-electron chi connectivity index (χ1n) is 8.69. The zero-order valence-electron chi connectivity index (χ0n) is 14.7. The first-order valence-corrected chi connectivity index (χ1v) is 9.67. The normalized spacial score (nSPS) is 13.4. The summed E-state index contributed by atoms with van der Waals surface area (Å²) >= 11 is 1.36. The molecule has 0 atom stereocenters. The van der Waals surface area contributed by atoms with Gasteiger partial charge in [-0.25, -0.2) is 4.79 Å². The van der Waals surface area contributed by atoms with Crippen molar-refractivity contribution in [2.45, 2.75) is 17.7 Å². The number of aromatic carboxylic acids is 1. The fourth-order valence-corrected chi connectivity index (χ4v) is 3.82. The smallest absolute Gasteiger partial charge is 0.335 e. The van der Waals surface area contributed by atoms with E-state index in [1.807, 2.05) is 17.0 Å². The number of benzene rings is 2. The number of amides is 2. The summed E-state index contributed by atoms with van der Waals surface area (Å²) in [5.74, 6) is -0.915. The van der Waals surface area contributed by atoms with Crippen LogP contribution in [0.4, 0.5) is 5.69 Å². The Bertz CT molecular complexity index is 845. The van der Waals surface area contributed by atoms with Gasteiger partial charge in [-0.05, 0) is 49.2 Å². The Labute approximate surface area is 161 Å². The summed E-state index contributed by atoms with van der Waals surface area (Å²) in [6.07, 6.45) is 2.10. The van der Waals surface area contributed by atoms with Gasteiger partial charge in [0.15, 0.2) is 0 Å². The Morgan fingerprint density at radius 3 is 2.33 bits per heavy atom. The molecule has 0 aliphatic carbocycles. The largest absolute Gasteiger partial charge is 0.478 e. The molecule has 1 saturated heterocycles. The molecule has 2 aromatic rings. The van der Waals surface area contributed by atoms with E-state index in [9.17, 15) is 14.4 Å². The van der Waals surface area contributed by atoms with Gasteiger partial charge < -0.3 is 15.3 Å². The maximum absolute atomic E-state index is 12.6. The molecule has 3 rings (SSSR count). The van der Waals surface area contributed by atoms with Gasteiger partial charge in [-0.15, -0.1) is 11.8 Å². The van der Waals surface area contributed by atoms with Crippen molar-refractivity contribution in [2.75, 3.05) is 24.2 Å². The van der Waals surface area contributed by atoms with Crippen molar-refractivity contribution in [1.82, 2.24) is 4.90 Å². The van der Waals surface area contributed by atoms with Crippen LogP contribution in [0.25, 0.3) is 0 Å². The molecular formula is C20H20N2O4S. The molecule has 0 bridgehead atoms. The van der Waals surface area contributed by atoms with Crippen molar-refractivity contribution in [3.05, 3.63) is 59.7 Å². The highest BCUT2D eigenvalue weighted by atomic mass is 32.2. The number of carboxylic acids is 1. The number of hydrogen-bond donors (Lipinski definition) is 2. The molecule has 0 aromatic heterocycles. The third-order valence-electron chi connectivity index (χ3n) is 4.33. The van der Waals surface area contributed by atoms with Gasteiger partial charge in [0, 0.05) is 23.7 Å². The number of carboxylic acid groups (broad SMARTS) is 1. The maximum Gasteiger partial charge on any atom is 0.335 e. The first-order chi connectivity index (χ1) is 13.0. The van der Waals surface area contributed by atoms with E-state index in [0.29, 0.717) is 17.0 Å². The molecule has 2 amide bonds. The van der Waals surface area contributed by atoms with Crippen LogP contribution >= 0.6 is 11.8 Å². The van der Waals surface area contributed by atoms with Crippen LogP contribution in [-0.4, -0.2) is 46.6 Å². The quantitative estimate of drug-likeness (QED) is 0.746. The van der Waals surface area contributed by atoms with E-state index in [0.717, 1.165) is 30.8 Å². The lowest BCUT2D eigenvalue weighted by Gasteiger charge is -2.15. The van der Waals surface area contributed by atoms with E-state index < -0.39 is 5.97 Å². The van der Waals surface area contributed by atoms with Gasteiger partial charge in [0.1, 0.15) is 0 Å². The van der Waals surface area contributed by atoms with Gasteiger partial charge in [-0.1, -0.05) is 12.1 Å². The van der Waals surface area contributed by atoms with E-state index >= 15 is 0 Å². The van der Waals surface area contributed by atoms with Gasteiger partial charge in [-0.2, -0.15) is 0 Å². The highest BCUT2D eigenvalue weighted by molar-refractivity contribution is 8.00. The fraction of sp³-hybridized carbons (Fsp3) is 0.250. The monoisotopic (exact) mass is 384 g/mol. The van der Waals surface area contributed by atoms with Crippen molar-refractivity contribution in [2.24, 2.45) is 0 Å². The molecule has 0 radical (unpaired) electrons. The summed E-state index contributed by atoms with van der Waals surface area (Å²) < 4.78 is 0. The number of anilines is 1. The molecule has 2 aromatic carbocycles. The van der Waals surface area contributed by atoms with Crippen LogP contribution in [0.1, 0.15) is 33.6 Å². The fourth-order valence-electron chi connectivity index (χ4n) is 2.87. The van der Waals surface area contributed by atoms with Crippen LogP contribution in [0, 0.1) is 0 Å². The Hall–Kier alpha value is -2.80. The minimum absolute atomic E-state index is 0.0944. The summed E-state index contributed by atoms with van der Waals surface area (Å²) in [7, 11) is 0. The Morgan fingerprint density at radius 1 is 1.00 bits per heavy atom. The molecule has 1 aliphatic heterocycles. The van der Waals surface area contributed by atoms with Crippen molar-refractivity contribution >= 4 is 35.2 Å². The van der Waals surface area contributed by atoms with Gasteiger partial charge in [0.05, 0.1) is 16.9 Å². The van der Waals surface area contributed by atoms with Gasteiger partial charge in [0.2, 0.25) is 5.91 Å². The third kappa shape index (κ3) is 4.89. The zero-order chi connectivity index (χ0) is 19.2. The highest BCUT2D eigenvalue weighted by Crippen LogP contribution is 2.24. The predicted octanol–water partition coefficient (Wildman–Crippen LogP) is 3.35. The van der Waals surface area contributed by atoms with Gasteiger partial charge >= 0.3 is 5.97 Å². The summed E-state index contributed by atoms with van der Waals surface area (Å²) in [5, 5.41) is 11.7. The van der Waals surface area contributed by atoms with Crippen molar-refractivity contribution in [3.8, 4) is 0 Å². The van der Waals surface area contributed by atoms with E-state index in [2.05, 4.69) is 5.32 Å². The van der Waals surface area contributed by atoms with E-state index in [1.165, 1.54) is 23.9 Å². The van der Waals surface area contributed by atoms with Crippen molar-refractivity contribution in [1.29, 1.82) is 0 Å². The Kier molecular flexibility index (Phi) is 6.13. The molecule has 2 N–H and O–H groups in total. The number of carbonyl (C=O) groups is 3. The summed E-state index contributed by atoms with van der Waals surface area (Å²) in [6.45, 7) is 1.63. The van der Waals surface area contributed by atoms with Gasteiger partial charge in [0.25, 0.3) is 5.91 Å². The molecule has 27 heavy (non-hydrogen) atoms. The lowest BCUT2D eigenvalue weighted by atomic mass is 10.2. The molecule has 7 heteroatoms. The number of thioether (sulfide) groups is 1. The topological polar surface area (TPSA) is 86.7 Å². The van der Waals surface area contributed by atoms with Crippen LogP contribution in [-0.2, 0) is 4.79 Å². The number of nitrogens with zero attached hydrogens (tertiary/aromatic N) is 1. The SMILES string of the molecule is O=C(O)c1ccc(NC(=O)c2ccccc2SCC(=O)N2CCCC2)cc1. The second-order valence-electron chi connectivity index (χ2n) is 6.21. The number of rotatable bonds is 6. The number of likely N-dealkylation sites (tertiary alicyclic amines) is 1. The van der Waals surface area contributed by atoms with E-state index in [-0.39, 0.29) is 17.4 Å². The maximum atomic E-state index is 12.6. The molecule has 0 saturated carbocycles. The van der Waals surface area contributed by atoms with E-state index in [1.54, 1.807) is 24.3 Å². The number of nitrogens with one attached hydrogen (secondary N) is 1. The zero-order valence-corrected chi connectivity index (χ0v) is 15.5. The standard InChI is InChI=1S/C20H20N2O4S/c23-18(22-11-3-4-12-22)13-27-17-6-2-1-5-16(17)19(24)21-15-9-7-14(8-10-15)20(25)26/h1-2,5-10H,3-4,11-13H2,(H,21,24)(H,25,26). The first kappa shape index (κ1) is 19.0. The lowest BCUT2D eigenvalue weighted by molar-refractivity contribution is -0.127. The summed E-state index contributed by atoms with van der Waals surface area (Å²) in [5.41, 5.74) is 1.15. The third-order valence-corrected chi connectivity index (χ3v) is 5.39. The summed E-state index contributed by atoms with van der Waals surface area (Å²) in [6, 6.07) is 13.1. The second-order valence-corrected chi connectivity index (χ2v) is 7.23. The van der Waals surface area contributed by atoms with Crippen LogP contribution in [0.2, 0.25) is 0 Å². The highest BCUT2D eigenvalue weighted by Gasteiger charge is 2.19. The lowest BCUT2D eigenvalue weighted by Crippen LogP contribution is -2.29. The average molecular weight is 384 g/mol. The molecule has 0 spiro atoms. The molecule has 1 aliphatic rings. The van der Waals surface area contributed by atoms with Crippen LogP contribution in [0.15, 0.2) is 53.4 Å². The molecule has 6 nitrogen and oxygen atoms in total. The average Bonchev–Trinajstić information content (AvgIpc) is 3.21. The Balaban J connectivity index is 1.66. The molecule has 140 valence electrons. The summed E-state index contributed by atoms with van der Waals surface area (Å²) in [4.78, 5) is 38.4. The van der Waals surface area contributed by atoms with E-state index in [4.69, 9.17) is 5.11 Å².